The minimum Gasteiger partial charge on any atom is -0.329 e. The van der Waals surface area contributed by atoms with Crippen molar-refractivity contribution in [1.29, 1.82) is 0 Å². The maximum Gasteiger partial charge on any atom is 0.261 e. The Balaban J connectivity index is 0.00000132. The first-order chi connectivity index (χ1) is 10.2. The Morgan fingerprint density at radius 1 is 0.913 bits per heavy atom. The molecule has 124 valence electrons. The molecule has 0 saturated carbocycles. The van der Waals surface area contributed by atoms with Crippen molar-refractivity contribution < 1.29 is 9.59 Å². The highest BCUT2D eigenvalue weighted by Crippen LogP contribution is 2.29. The van der Waals surface area contributed by atoms with Crippen LogP contribution in [-0.2, 0) is 0 Å². The summed E-state index contributed by atoms with van der Waals surface area (Å²) >= 11 is 0. The Bertz CT molecular complexity index is 671. The summed E-state index contributed by atoms with van der Waals surface area (Å²) in [5, 5.41) is 4.79. The molecule has 7 heteroatoms. The van der Waals surface area contributed by atoms with Crippen molar-refractivity contribution >= 4 is 47.4 Å². The summed E-state index contributed by atoms with van der Waals surface area (Å²) in [6, 6.07) is 11.1. The zero-order chi connectivity index (χ0) is 14.8. The van der Waals surface area contributed by atoms with Gasteiger partial charge in [-0.2, -0.15) is 0 Å². The zero-order valence-corrected chi connectivity index (χ0v) is 14.1. The molecule has 2 aromatic carbocycles. The summed E-state index contributed by atoms with van der Waals surface area (Å²) in [4.78, 5) is 26.4. The molecule has 1 heterocycles. The second-order valence-electron chi connectivity index (χ2n) is 5.01. The number of hydrogen-bond donors (Lipinski definition) is 2. The highest BCUT2D eigenvalue weighted by Gasteiger charge is 2.31. The number of halogens is 2. The Hall–Kier alpha value is -1.66. The van der Waals surface area contributed by atoms with Crippen LogP contribution in [0.15, 0.2) is 36.4 Å². The van der Waals surface area contributed by atoms with Crippen LogP contribution in [0.4, 0.5) is 0 Å². The van der Waals surface area contributed by atoms with Gasteiger partial charge in [-0.15, -0.1) is 24.8 Å². The van der Waals surface area contributed by atoms with Gasteiger partial charge in [0.15, 0.2) is 0 Å². The molecule has 0 saturated heterocycles. The molecule has 0 aromatic heterocycles. The number of benzene rings is 2. The second kappa shape index (κ2) is 8.26. The molecular weight excluding hydrogens is 337 g/mol. The fourth-order valence-corrected chi connectivity index (χ4v) is 2.70. The molecule has 0 bridgehead atoms. The van der Waals surface area contributed by atoms with Crippen LogP contribution in [0, 0.1) is 0 Å². The van der Waals surface area contributed by atoms with E-state index in [2.05, 4.69) is 5.32 Å². The normalized spacial score (nSPS) is 12.8. The third kappa shape index (κ3) is 3.48. The molecule has 0 spiro atoms. The predicted octanol–water partition coefficient (Wildman–Crippen LogP) is 1.83. The summed E-state index contributed by atoms with van der Waals surface area (Å²) in [6.07, 6.45) is 0. The Morgan fingerprint density at radius 2 is 1.48 bits per heavy atom. The van der Waals surface area contributed by atoms with Crippen LogP contribution in [0.25, 0.3) is 10.8 Å². The molecular formula is C16H19Cl2N3O2. The highest BCUT2D eigenvalue weighted by molar-refractivity contribution is 6.25. The third-order valence-electron chi connectivity index (χ3n) is 3.69. The van der Waals surface area contributed by atoms with Gasteiger partial charge in [0.25, 0.3) is 11.8 Å². The number of carbonyl (C=O) groups excluding carboxylic acids is 2. The quantitative estimate of drug-likeness (QED) is 0.633. The summed E-state index contributed by atoms with van der Waals surface area (Å²) in [5.41, 5.74) is 6.60. The van der Waals surface area contributed by atoms with E-state index >= 15 is 0 Å². The molecule has 0 unspecified atom stereocenters. The van der Waals surface area contributed by atoms with Crippen molar-refractivity contribution in [2.45, 2.75) is 0 Å². The Morgan fingerprint density at radius 3 is 2.00 bits per heavy atom. The van der Waals surface area contributed by atoms with Crippen molar-refractivity contribution in [3.05, 3.63) is 47.5 Å². The first kappa shape index (κ1) is 19.4. The molecule has 2 aromatic rings. The van der Waals surface area contributed by atoms with E-state index in [0.29, 0.717) is 37.3 Å². The lowest BCUT2D eigenvalue weighted by Gasteiger charge is -2.27. The van der Waals surface area contributed by atoms with E-state index in [1.54, 1.807) is 12.1 Å². The molecule has 0 atom stereocenters. The SMILES string of the molecule is Cl.Cl.NCCNCCN1C(=O)c2cccc3cccc(c23)C1=O. The van der Waals surface area contributed by atoms with Gasteiger partial charge in [-0.05, 0) is 17.5 Å². The smallest absolute Gasteiger partial charge is 0.261 e. The largest absolute Gasteiger partial charge is 0.329 e. The average Bonchev–Trinajstić information content (AvgIpc) is 2.51. The van der Waals surface area contributed by atoms with E-state index in [1.165, 1.54) is 4.90 Å². The van der Waals surface area contributed by atoms with Crippen LogP contribution in [0.2, 0.25) is 0 Å². The molecule has 0 radical (unpaired) electrons. The van der Waals surface area contributed by atoms with Gasteiger partial charge in [0.1, 0.15) is 0 Å². The van der Waals surface area contributed by atoms with Crippen molar-refractivity contribution in [2.24, 2.45) is 5.73 Å². The van der Waals surface area contributed by atoms with Crippen molar-refractivity contribution in [1.82, 2.24) is 10.2 Å². The molecule has 3 N–H and O–H groups in total. The Kier molecular flexibility index (Phi) is 6.97. The van der Waals surface area contributed by atoms with E-state index in [1.807, 2.05) is 24.3 Å². The topological polar surface area (TPSA) is 75.4 Å². The van der Waals surface area contributed by atoms with Crippen molar-refractivity contribution in [3.63, 3.8) is 0 Å². The summed E-state index contributed by atoms with van der Waals surface area (Å²) in [7, 11) is 0. The van der Waals surface area contributed by atoms with Gasteiger partial charge < -0.3 is 11.1 Å². The lowest BCUT2D eigenvalue weighted by atomic mass is 9.94. The molecule has 0 fully saturated rings. The van der Waals surface area contributed by atoms with Crippen LogP contribution in [0.3, 0.4) is 0 Å². The van der Waals surface area contributed by atoms with Gasteiger partial charge in [-0.1, -0.05) is 24.3 Å². The summed E-state index contributed by atoms with van der Waals surface area (Å²) in [6.45, 7) is 2.10. The van der Waals surface area contributed by atoms with Gasteiger partial charge >= 0.3 is 0 Å². The third-order valence-corrected chi connectivity index (χ3v) is 3.69. The van der Waals surface area contributed by atoms with E-state index in [9.17, 15) is 9.59 Å². The highest BCUT2D eigenvalue weighted by atomic mass is 35.5. The molecule has 0 aliphatic carbocycles. The van der Waals surface area contributed by atoms with E-state index < -0.39 is 0 Å². The second-order valence-corrected chi connectivity index (χ2v) is 5.01. The number of carbonyl (C=O) groups is 2. The molecule has 2 amide bonds. The van der Waals surface area contributed by atoms with Crippen LogP contribution < -0.4 is 11.1 Å². The lowest BCUT2D eigenvalue weighted by molar-refractivity contribution is 0.0612. The molecule has 3 rings (SSSR count). The molecule has 1 aliphatic heterocycles. The number of nitrogens with zero attached hydrogens (tertiary/aromatic N) is 1. The van der Waals surface area contributed by atoms with E-state index in [0.717, 1.165) is 10.8 Å². The van der Waals surface area contributed by atoms with E-state index in [4.69, 9.17) is 5.73 Å². The van der Waals surface area contributed by atoms with Crippen LogP contribution in [-0.4, -0.2) is 42.9 Å². The van der Waals surface area contributed by atoms with Gasteiger partial charge in [0.2, 0.25) is 0 Å². The fourth-order valence-electron chi connectivity index (χ4n) is 2.70. The first-order valence-electron chi connectivity index (χ1n) is 7.03. The average molecular weight is 356 g/mol. The number of nitrogens with two attached hydrogens (primary N) is 1. The fraction of sp³-hybridized carbons (Fsp3) is 0.250. The number of amides is 2. The van der Waals surface area contributed by atoms with Crippen molar-refractivity contribution in [3.8, 4) is 0 Å². The van der Waals surface area contributed by atoms with Crippen LogP contribution >= 0.6 is 24.8 Å². The van der Waals surface area contributed by atoms with Gasteiger partial charge in [0, 0.05) is 42.7 Å². The standard InChI is InChI=1S/C16H17N3O2.2ClH/c17-7-8-18-9-10-19-15(20)12-5-1-3-11-4-2-6-13(14(11)12)16(19)21;;/h1-6,18H,7-10,17H2;2*1H. The van der Waals surface area contributed by atoms with Crippen LogP contribution in [0.1, 0.15) is 20.7 Å². The predicted molar refractivity (Wildman–Crippen MR) is 95.7 cm³/mol. The first-order valence-corrected chi connectivity index (χ1v) is 7.03. The molecule has 23 heavy (non-hydrogen) atoms. The Labute approximate surface area is 147 Å². The van der Waals surface area contributed by atoms with Gasteiger partial charge in [-0.3, -0.25) is 14.5 Å². The number of rotatable bonds is 5. The van der Waals surface area contributed by atoms with Gasteiger partial charge in [0.05, 0.1) is 0 Å². The summed E-state index contributed by atoms with van der Waals surface area (Å²) in [5.74, 6) is -0.447. The number of imide groups is 1. The maximum atomic E-state index is 12.5. The summed E-state index contributed by atoms with van der Waals surface area (Å²) < 4.78 is 0. The minimum atomic E-state index is -0.223. The van der Waals surface area contributed by atoms with E-state index in [-0.39, 0.29) is 36.6 Å². The minimum absolute atomic E-state index is 0. The molecule has 5 nitrogen and oxygen atoms in total. The maximum absolute atomic E-state index is 12.5. The number of nitrogens with one attached hydrogen (secondary N) is 1. The zero-order valence-electron chi connectivity index (χ0n) is 12.5. The van der Waals surface area contributed by atoms with Crippen LogP contribution in [0.5, 0.6) is 0 Å². The van der Waals surface area contributed by atoms with Gasteiger partial charge in [-0.25, -0.2) is 0 Å². The number of hydrogen-bond acceptors (Lipinski definition) is 4. The monoisotopic (exact) mass is 355 g/mol. The molecule has 1 aliphatic rings. The lowest BCUT2D eigenvalue weighted by Crippen LogP contribution is -2.44. The van der Waals surface area contributed by atoms with Crippen molar-refractivity contribution in [2.75, 3.05) is 26.2 Å².